The Bertz CT molecular complexity index is 682. The third-order valence-corrected chi connectivity index (χ3v) is 4.18. The van der Waals surface area contributed by atoms with Crippen molar-refractivity contribution < 1.29 is 9.53 Å². The Balaban J connectivity index is 1.94. The van der Waals surface area contributed by atoms with E-state index in [1.54, 1.807) is 6.08 Å². The zero-order valence-corrected chi connectivity index (χ0v) is 15.2. The normalized spacial score (nSPS) is 11.5. The van der Waals surface area contributed by atoms with Crippen LogP contribution in [0.25, 0.3) is 0 Å². The van der Waals surface area contributed by atoms with Gasteiger partial charge in [0, 0.05) is 19.6 Å². The lowest BCUT2D eigenvalue weighted by Crippen LogP contribution is -2.39. The molecule has 0 aliphatic rings. The van der Waals surface area contributed by atoms with Crippen LogP contribution in [0.3, 0.4) is 0 Å². The minimum atomic E-state index is -0.0709. The number of amides is 1. The van der Waals surface area contributed by atoms with Gasteiger partial charge in [-0.1, -0.05) is 72.8 Å². The van der Waals surface area contributed by atoms with Crippen LogP contribution in [0.15, 0.2) is 86.0 Å². The summed E-state index contributed by atoms with van der Waals surface area (Å²) >= 11 is 0. The second kappa shape index (κ2) is 11.1. The predicted molar refractivity (Wildman–Crippen MR) is 107 cm³/mol. The van der Waals surface area contributed by atoms with Gasteiger partial charge in [-0.05, 0) is 17.5 Å². The first-order valence-electron chi connectivity index (χ1n) is 8.93. The largest absolute Gasteiger partial charge is 0.377 e. The summed E-state index contributed by atoms with van der Waals surface area (Å²) in [4.78, 5) is 14.4. The molecule has 0 unspecified atom stereocenters. The highest BCUT2D eigenvalue weighted by molar-refractivity contribution is 5.78. The van der Waals surface area contributed by atoms with E-state index in [0.717, 1.165) is 11.1 Å². The minimum absolute atomic E-state index is 0.0526. The summed E-state index contributed by atoms with van der Waals surface area (Å²) in [7, 11) is 0. The number of nitrogens with zero attached hydrogens (tertiary/aromatic N) is 1. The van der Waals surface area contributed by atoms with Gasteiger partial charge in [-0.2, -0.15) is 0 Å². The molecule has 0 aliphatic carbocycles. The second-order valence-electron chi connectivity index (χ2n) is 6.13. The van der Waals surface area contributed by atoms with Crippen molar-refractivity contribution in [2.24, 2.45) is 0 Å². The van der Waals surface area contributed by atoms with Crippen LogP contribution in [-0.2, 0) is 22.7 Å². The maximum Gasteiger partial charge on any atom is 0.227 e. The standard InChI is InChI=1S/C23H27NO2/c1-3-11-23(25)24(18-20-12-7-5-8-13-20)22(4-2)16-17-26-19-21-14-9-6-10-15-21/h3-10,12-15,22H,1-2,11,16-19H2/t22-/m0/s1. The number of benzene rings is 2. The van der Waals surface area contributed by atoms with Crippen molar-refractivity contribution in [3.63, 3.8) is 0 Å². The van der Waals surface area contributed by atoms with Crippen LogP contribution in [-0.4, -0.2) is 23.5 Å². The third kappa shape index (κ3) is 6.34. The number of hydrogen-bond acceptors (Lipinski definition) is 2. The lowest BCUT2D eigenvalue weighted by Gasteiger charge is -2.30. The fraction of sp³-hybridized carbons (Fsp3) is 0.261. The second-order valence-corrected chi connectivity index (χ2v) is 6.13. The Morgan fingerprint density at radius 3 is 2.19 bits per heavy atom. The van der Waals surface area contributed by atoms with E-state index in [2.05, 4.69) is 13.2 Å². The molecular formula is C23H27NO2. The van der Waals surface area contributed by atoms with Crippen LogP contribution in [0.5, 0.6) is 0 Å². The summed E-state index contributed by atoms with van der Waals surface area (Å²) in [5.41, 5.74) is 2.24. The lowest BCUT2D eigenvalue weighted by molar-refractivity contribution is -0.132. The van der Waals surface area contributed by atoms with E-state index in [1.165, 1.54) is 0 Å². The van der Waals surface area contributed by atoms with Crippen molar-refractivity contribution in [3.8, 4) is 0 Å². The molecule has 2 rings (SSSR count). The van der Waals surface area contributed by atoms with E-state index in [-0.39, 0.29) is 11.9 Å². The third-order valence-electron chi connectivity index (χ3n) is 4.18. The van der Waals surface area contributed by atoms with Crippen molar-refractivity contribution in [2.45, 2.75) is 32.0 Å². The maximum absolute atomic E-state index is 12.6. The Hall–Kier alpha value is -2.65. The van der Waals surface area contributed by atoms with Gasteiger partial charge >= 0.3 is 0 Å². The first-order chi connectivity index (χ1) is 12.7. The Kier molecular flexibility index (Phi) is 8.37. The van der Waals surface area contributed by atoms with Crippen LogP contribution < -0.4 is 0 Å². The van der Waals surface area contributed by atoms with Crippen LogP contribution >= 0.6 is 0 Å². The molecule has 0 spiro atoms. The Morgan fingerprint density at radius 1 is 1.00 bits per heavy atom. The first-order valence-corrected chi connectivity index (χ1v) is 8.93. The number of carbonyl (C=O) groups is 1. The molecule has 0 heterocycles. The van der Waals surface area contributed by atoms with Gasteiger partial charge < -0.3 is 9.64 Å². The first kappa shape index (κ1) is 19.7. The average Bonchev–Trinajstić information content (AvgIpc) is 2.68. The molecule has 0 fully saturated rings. The Labute approximate surface area is 156 Å². The van der Waals surface area contributed by atoms with Crippen molar-refractivity contribution in [1.82, 2.24) is 4.90 Å². The van der Waals surface area contributed by atoms with Gasteiger partial charge in [0.05, 0.1) is 12.6 Å². The van der Waals surface area contributed by atoms with Gasteiger partial charge in [0.2, 0.25) is 5.91 Å². The van der Waals surface area contributed by atoms with E-state index >= 15 is 0 Å². The predicted octanol–water partition coefficient (Wildman–Crippen LogP) is 4.75. The average molecular weight is 349 g/mol. The van der Waals surface area contributed by atoms with Gasteiger partial charge in [0.1, 0.15) is 0 Å². The number of ether oxygens (including phenoxy) is 1. The molecule has 0 aliphatic heterocycles. The van der Waals surface area contributed by atoms with Gasteiger partial charge in [-0.15, -0.1) is 13.2 Å². The minimum Gasteiger partial charge on any atom is -0.377 e. The molecule has 1 atom stereocenters. The van der Waals surface area contributed by atoms with Gasteiger partial charge in [0.25, 0.3) is 0 Å². The molecule has 0 N–H and O–H groups in total. The molecular weight excluding hydrogens is 322 g/mol. The fourth-order valence-electron chi connectivity index (χ4n) is 2.78. The number of carbonyl (C=O) groups excluding carboxylic acids is 1. The van der Waals surface area contributed by atoms with Crippen molar-refractivity contribution in [2.75, 3.05) is 6.61 Å². The summed E-state index contributed by atoms with van der Waals surface area (Å²) < 4.78 is 5.79. The molecule has 3 nitrogen and oxygen atoms in total. The zero-order valence-electron chi connectivity index (χ0n) is 15.2. The van der Waals surface area contributed by atoms with Crippen molar-refractivity contribution in [3.05, 3.63) is 97.1 Å². The molecule has 3 heteroatoms. The summed E-state index contributed by atoms with van der Waals surface area (Å²) in [6, 6.07) is 20.0. The highest BCUT2D eigenvalue weighted by atomic mass is 16.5. The molecule has 2 aromatic rings. The van der Waals surface area contributed by atoms with Crippen LogP contribution in [0.1, 0.15) is 24.0 Å². The molecule has 0 saturated carbocycles. The molecule has 0 bridgehead atoms. The van der Waals surface area contributed by atoms with Crippen LogP contribution in [0, 0.1) is 0 Å². The van der Waals surface area contributed by atoms with Crippen molar-refractivity contribution in [1.29, 1.82) is 0 Å². The maximum atomic E-state index is 12.6. The monoisotopic (exact) mass is 349 g/mol. The molecule has 0 aromatic heterocycles. The van der Waals surface area contributed by atoms with Gasteiger partial charge in [-0.3, -0.25) is 4.79 Å². The molecule has 1 amide bonds. The van der Waals surface area contributed by atoms with E-state index in [9.17, 15) is 4.79 Å². The molecule has 0 saturated heterocycles. The molecule has 0 radical (unpaired) electrons. The van der Waals surface area contributed by atoms with E-state index in [0.29, 0.717) is 32.6 Å². The van der Waals surface area contributed by atoms with Crippen LogP contribution in [0.4, 0.5) is 0 Å². The quantitative estimate of drug-likeness (QED) is 0.433. The summed E-state index contributed by atoms with van der Waals surface area (Å²) in [6.07, 6.45) is 4.51. The fourth-order valence-corrected chi connectivity index (χ4v) is 2.78. The number of hydrogen-bond donors (Lipinski definition) is 0. The highest BCUT2D eigenvalue weighted by Gasteiger charge is 2.20. The SMILES string of the molecule is C=CCC(=O)N(Cc1ccccc1)[C@@H](C=C)CCOCc1ccccc1. The lowest BCUT2D eigenvalue weighted by atomic mass is 10.1. The van der Waals surface area contributed by atoms with Crippen LogP contribution in [0.2, 0.25) is 0 Å². The molecule has 26 heavy (non-hydrogen) atoms. The summed E-state index contributed by atoms with van der Waals surface area (Å²) in [5, 5.41) is 0. The smallest absolute Gasteiger partial charge is 0.227 e. The van der Waals surface area contributed by atoms with Gasteiger partial charge in [0.15, 0.2) is 0 Å². The summed E-state index contributed by atoms with van der Waals surface area (Å²) in [6.45, 7) is 9.31. The Morgan fingerprint density at radius 2 is 1.62 bits per heavy atom. The topological polar surface area (TPSA) is 29.5 Å². The molecule has 136 valence electrons. The highest BCUT2D eigenvalue weighted by Crippen LogP contribution is 2.14. The van der Waals surface area contributed by atoms with E-state index in [4.69, 9.17) is 4.74 Å². The van der Waals surface area contributed by atoms with Gasteiger partial charge in [-0.25, -0.2) is 0 Å². The number of rotatable bonds is 11. The van der Waals surface area contributed by atoms with E-state index in [1.807, 2.05) is 71.6 Å². The summed E-state index contributed by atoms with van der Waals surface area (Å²) in [5.74, 6) is 0.0526. The van der Waals surface area contributed by atoms with Crippen molar-refractivity contribution >= 4 is 5.91 Å². The molecule has 2 aromatic carbocycles. The van der Waals surface area contributed by atoms with E-state index < -0.39 is 0 Å². The zero-order chi connectivity index (χ0) is 18.6.